The van der Waals surface area contributed by atoms with Crippen molar-refractivity contribution in [1.82, 2.24) is 10.2 Å². The number of nitrogens with one attached hydrogen (secondary N) is 1. The Morgan fingerprint density at radius 1 is 1.30 bits per heavy atom. The molecule has 2 rings (SSSR count). The van der Waals surface area contributed by atoms with Crippen molar-refractivity contribution < 1.29 is 9.59 Å². The maximum Gasteiger partial charge on any atom is 0.256 e. The number of unbranched alkanes of at least 4 members (excludes halogenated alkanes) is 1. The molecule has 146 valence electrons. The molecule has 1 fully saturated rings. The van der Waals surface area contributed by atoms with E-state index in [0.29, 0.717) is 17.1 Å². The molecule has 2 amide bonds. The minimum Gasteiger partial charge on any atom is -0.354 e. The Bertz CT molecular complexity index is 677. The van der Waals surface area contributed by atoms with Crippen LogP contribution in [-0.4, -0.2) is 35.8 Å². The van der Waals surface area contributed by atoms with E-state index >= 15 is 0 Å². The van der Waals surface area contributed by atoms with E-state index < -0.39 is 6.04 Å². The molecule has 1 saturated carbocycles. The molecule has 0 spiro atoms. The van der Waals surface area contributed by atoms with Crippen LogP contribution in [0, 0.1) is 18.3 Å². The Balaban J connectivity index is 2.32. The number of benzene rings is 1. The van der Waals surface area contributed by atoms with Crippen molar-refractivity contribution in [3.63, 3.8) is 0 Å². The summed E-state index contributed by atoms with van der Waals surface area (Å²) in [5.74, 6) is 2.30. The van der Waals surface area contributed by atoms with E-state index in [1.807, 2.05) is 0 Å². The summed E-state index contributed by atoms with van der Waals surface area (Å²) in [7, 11) is 0. The van der Waals surface area contributed by atoms with Gasteiger partial charge in [-0.05, 0) is 37.3 Å². The highest BCUT2D eigenvalue weighted by Gasteiger charge is 2.37. The number of halogens is 1. The van der Waals surface area contributed by atoms with E-state index in [-0.39, 0.29) is 24.3 Å². The fraction of sp³-hybridized carbons (Fsp3) is 0.545. The van der Waals surface area contributed by atoms with Crippen molar-refractivity contribution in [2.75, 3.05) is 13.1 Å². The van der Waals surface area contributed by atoms with Gasteiger partial charge < -0.3 is 10.2 Å². The first kappa shape index (κ1) is 21.3. The fourth-order valence-corrected chi connectivity index (χ4v) is 3.95. The lowest BCUT2D eigenvalue weighted by Gasteiger charge is -2.37. The number of hydrogen-bond acceptors (Lipinski definition) is 2. The van der Waals surface area contributed by atoms with Crippen LogP contribution < -0.4 is 5.32 Å². The summed E-state index contributed by atoms with van der Waals surface area (Å²) >= 11 is 6.24. The quantitative estimate of drug-likeness (QED) is 0.533. The molecule has 0 aromatic heterocycles. The van der Waals surface area contributed by atoms with Crippen molar-refractivity contribution in [1.29, 1.82) is 0 Å². The zero-order valence-electron chi connectivity index (χ0n) is 16.0. The van der Waals surface area contributed by atoms with Gasteiger partial charge in [0.25, 0.3) is 5.91 Å². The SMILES string of the molecule is C#CCN(C(=O)c1ccccc1Cl)C(C(=O)NCCCC)C1CCCCC1. The standard InChI is InChI=1S/C22H29ClN2O2/c1-3-5-15-24-21(26)20(17-11-7-6-8-12-17)25(16-4-2)22(27)18-13-9-10-14-19(18)23/h2,9-10,13-14,17,20H,3,5-8,11-12,15-16H2,1H3,(H,24,26). The normalized spacial score (nSPS) is 15.6. The van der Waals surface area contributed by atoms with Gasteiger partial charge in [-0.3, -0.25) is 9.59 Å². The number of terminal acetylenes is 1. The highest BCUT2D eigenvalue weighted by atomic mass is 35.5. The average molecular weight is 389 g/mol. The highest BCUT2D eigenvalue weighted by Crippen LogP contribution is 2.30. The molecule has 1 atom stereocenters. The number of carbonyl (C=O) groups is 2. The third kappa shape index (κ3) is 5.74. The van der Waals surface area contributed by atoms with Crippen LogP contribution in [0.15, 0.2) is 24.3 Å². The minimum atomic E-state index is -0.554. The maximum atomic E-state index is 13.2. The van der Waals surface area contributed by atoms with Gasteiger partial charge in [-0.25, -0.2) is 0 Å². The van der Waals surface area contributed by atoms with Crippen LogP contribution in [0.5, 0.6) is 0 Å². The van der Waals surface area contributed by atoms with E-state index in [4.69, 9.17) is 18.0 Å². The molecule has 0 heterocycles. The topological polar surface area (TPSA) is 49.4 Å². The highest BCUT2D eigenvalue weighted by molar-refractivity contribution is 6.33. The van der Waals surface area contributed by atoms with Crippen molar-refractivity contribution in [2.45, 2.75) is 57.9 Å². The summed E-state index contributed by atoms with van der Waals surface area (Å²) in [5, 5.41) is 3.38. The fourth-order valence-electron chi connectivity index (χ4n) is 3.74. The van der Waals surface area contributed by atoms with Gasteiger partial charge in [-0.1, -0.05) is 62.3 Å². The molecule has 1 N–H and O–H groups in total. The third-order valence-corrected chi connectivity index (χ3v) is 5.49. The number of carbonyl (C=O) groups excluding carboxylic acids is 2. The molecule has 5 heteroatoms. The Hall–Kier alpha value is -1.99. The van der Waals surface area contributed by atoms with E-state index in [1.54, 1.807) is 29.2 Å². The lowest BCUT2D eigenvalue weighted by atomic mass is 9.82. The first-order valence-electron chi connectivity index (χ1n) is 9.86. The number of rotatable bonds is 8. The Kier molecular flexibility index (Phi) is 8.67. The van der Waals surface area contributed by atoms with Gasteiger partial charge in [0.1, 0.15) is 6.04 Å². The molecule has 0 saturated heterocycles. The molecule has 1 aliphatic rings. The summed E-state index contributed by atoms with van der Waals surface area (Å²) in [4.78, 5) is 27.8. The second-order valence-electron chi connectivity index (χ2n) is 7.10. The predicted octanol–water partition coefficient (Wildman–Crippen LogP) is 4.28. The van der Waals surface area contributed by atoms with Crippen molar-refractivity contribution in [3.8, 4) is 12.3 Å². The van der Waals surface area contributed by atoms with Crippen LogP contribution in [0.4, 0.5) is 0 Å². The molecule has 1 aromatic rings. The largest absolute Gasteiger partial charge is 0.354 e. The lowest BCUT2D eigenvalue weighted by molar-refractivity contribution is -0.127. The van der Waals surface area contributed by atoms with Gasteiger partial charge in [0.15, 0.2) is 0 Å². The maximum absolute atomic E-state index is 13.2. The summed E-state index contributed by atoms with van der Waals surface area (Å²) in [6, 6.07) is 6.35. The number of hydrogen-bond donors (Lipinski definition) is 1. The van der Waals surface area contributed by atoms with E-state index in [9.17, 15) is 9.59 Å². The molecular weight excluding hydrogens is 360 g/mol. The third-order valence-electron chi connectivity index (χ3n) is 5.16. The molecule has 1 aromatic carbocycles. The zero-order valence-corrected chi connectivity index (χ0v) is 16.8. The van der Waals surface area contributed by atoms with Gasteiger partial charge in [0, 0.05) is 6.54 Å². The number of amides is 2. The smallest absolute Gasteiger partial charge is 0.256 e. The summed E-state index contributed by atoms with van der Waals surface area (Å²) in [6.45, 7) is 2.78. The van der Waals surface area contributed by atoms with Crippen molar-refractivity contribution in [2.24, 2.45) is 5.92 Å². The van der Waals surface area contributed by atoms with Gasteiger partial charge in [-0.15, -0.1) is 6.42 Å². The summed E-state index contributed by atoms with van der Waals surface area (Å²) in [6.07, 6.45) is 12.7. The van der Waals surface area contributed by atoms with Crippen LogP contribution >= 0.6 is 11.6 Å². The molecule has 27 heavy (non-hydrogen) atoms. The van der Waals surface area contributed by atoms with E-state index in [1.165, 1.54) is 6.42 Å². The van der Waals surface area contributed by atoms with Crippen molar-refractivity contribution in [3.05, 3.63) is 34.9 Å². The molecule has 4 nitrogen and oxygen atoms in total. The van der Waals surface area contributed by atoms with E-state index in [0.717, 1.165) is 38.5 Å². The molecular formula is C22H29ClN2O2. The average Bonchev–Trinajstić information content (AvgIpc) is 2.68. The monoisotopic (exact) mass is 388 g/mol. The predicted molar refractivity (Wildman–Crippen MR) is 110 cm³/mol. The van der Waals surface area contributed by atoms with Crippen LogP contribution in [0.2, 0.25) is 5.02 Å². The first-order valence-corrected chi connectivity index (χ1v) is 10.2. The summed E-state index contributed by atoms with van der Waals surface area (Å²) in [5.41, 5.74) is 0.386. The Labute approximate surface area is 167 Å². The Morgan fingerprint density at radius 2 is 2.00 bits per heavy atom. The van der Waals surface area contributed by atoms with Crippen LogP contribution in [-0.2, 0) is 4.79 Å². The first-order chi connectivity index (χ1) is 13.1. The van der Waals surface area contributed by atoms with Gasteiger partial charge in [-0.2, -0.15) is 0 Å². The van der Waals surface area contributed by atoms with Crippen LogP contribution in [0.3, 0.4) is 0 Å². The van der Waals surface area contributed by atoms with Crippen LogP contribution in [0.25, 0.3) is 0 Å². The van der Waals surface area contributed by atoms with Gasteiger partial charge in [0.2, 0.25) is 5.91 Å². The second-order valence-corrected chi connectivity index (χ2v) is 7.51. The summed E-state index contributed by atoms with van der Waals surface area (Å²) < 4.78 is 0. The molecule has 0 bridgehead atoms. The van der Waals surface area contributed by atoms with Crippen molar-refractivity contribution >= 4 is 23.4 Å². The number of nitrogens with zero attached hydrogens (tertiary/aromatic N) is 1. The molecule has 0 radical (unpaired) electrons. The zero-order chi connectivity index (χ0) is 19.6. The lowest BCUT2D eigenvalue weighted by Crippen LogP contribution is -2.54. The Morgan fingerprint density at radius 3 is 2.63 bits per heavy atom. The molecule has 1 unspecified atom stereocenters. The van der Waals surface area contributed by atoms with Gasteiger partial charge >= 0.3 is 0 Å². The second kappa shape index (κ2) is 11.0. The molecule has 0 aliphatic heterocycles. The van der Waals surface area contributed by atoms with Gasteiger partial charge in [0.05, 0.1) is 17.1 Å². The van der Waals surface area contributed by atoms with Crippen LogP contribution in [0.1, 0.15) is 62.2 Å². The molecule has 1 aliphatic carbocycles. The minimum absolute atomic E-state index is 0.0897. The van der Waals surface area contributed by atoms with E-state index in [2.05, 4.69) is 18.2 Å².